The predicted molar refractivity (Wildman–Crippen MR) is 159 cm³/mol. The normalized spacial score (nSPS) is 17.9. The smallest absolute Gasteiger partial charge is 0.118 e. The van der Waals surface area contributed by atoms with Crippen LogP contribution in [0.1, 0.15) is 67.2 Å². The summed E-state index contributed by atoms with van der Waals surface area (Å²) in [5, 5.41) is 19.9. The Hall–Kier alpha value is -3.08. The number of hydrogen-bond acceptors (Lipinski definition) is 4. The van der Waals surface area contributed by atoms with E-state index >= 15 is 0 Å². The van der Waals surface area contributed by atoms with E-state index in [4.69, 9.17) is 0 Å². The fourth-order valence-electron chi connectivity index (χ4n) is 6.27. The molecule has 1 saturated carbocycles. The van der Waals surface area contributed by atoms with Crippen LogP contribution in [0.2, 0.25) is 0 Å². The standard InChI is InChI=1S/C34H42N2O2/c1-26-25-29(16-19-33(26)38)34(32(13-8-24-37)27-9-4-2-5-10-27)28-14-17-31(18-15-28)36-22-20-35(21-23-36)30-11-6-3-7-12-30/h2,4-5,9-10,14-19,25,30,37-38H,3,6-8,11-13,20-24H2,1H3/b34-32+. The molecule has 2 N–H and O–H groups in total. The van der Waals surface area contributed by atoms with Crippen molar-refractivity contribution in [2.45, 2.75) is 57.9 Å². The minimum absolute atomic E-state index is 0.157. The third-order valence-electron chi connectivity index (χ3n) is 8.42. The summed E-state index contributed by atoms with van der Waals surface area (Å²) in [6.07, 6.45) is 8.43. The molecule has 1 saturated heterocycles. The van der Waals surface area contributed by atoms with Gasteiger partial charge in [0.05, 0.1) is 0 Å². The molecule has 0 amide bonds. The molecule has 2 fully saturated rings. The van der Waals surface area contributed by atoms with E-state index in [0.29, 0.717) is 12.2 Å². The van der Waals surface area contributed by atoms with Crippen molar-refractivity contribution in [1.82, 2.24) is 4.90 Å². The number of anilines is 1. The van der Waals surface area contributed by atoms with Crippen molar-refractivity contribution in [3.05, 3.63) is 95.1 Å². The summed E-state index contributed by atoms with van der Waals surface area (Å²) in [5.41, 5.74) is 7.96. The molecule has 2 aliphatic rings. The maximum atomic E-state index is 10.2. The first-order valence-electron chi connectivity index (χ1n) is 14.4. The second-order valence-corrected chi connectivity index (χ2v) is 10.9. The third-order valence-corrected chi connectivity index (χ3v) is 8.42. The van der Waals surface area contributed by atoms with Crippen molar-refractivity contribution >= 4 is 16.8 Å². The Kier molecular flexibility index (Phi) is 8.83. The number of aryl methyl sites for hydroxylation is 1. The highest BCUT2D eigenvalue weighted by molar-refractivity contribution is 5.99. The van der Waals surface area contributed by atoms with Gasteiger partial charge >= 0.3 is 0 Å². The van der Waals surface area contributed by atoms with Crippen LogP contribution < -0.4 is 4.90 Å². The molecule has 3 aromatic carbocycles. The Morgan fingerprint density at radius 3 is 2.13 bits per heavy atom. The molecular formula is C34H42N2O2. The molecule has 0 radical (unpaired) electrons. The highest BCUT2D eigenvalue weighted by Crippen LogP contribution is 2.37. The molecule has 5 rings (SSSR count). The average molecular weight is 511 g/mol. The number of hydrogen-bond donors (Lipinski definition) is 2. The van der Waals surface area contributed by atoms with E-state index in [2.05, 4.69) is 64.4 Å². The fraction of sp³-hybridized carbons (Fsp3) is 0.412. The summed E-state index contributed by atoms with van der Waals surface area (Å²) in [5.74, 6) is 0.312. The molecule has 4 heteroatoms. The van der Waals surface area contributed by atoms with Crippen LogP contribution in [0.5, 0.6) is 5.75 Å². The van der Waals surface area contributed by atoms with Crippen molar-refractivity contribution in [2.75, 3.05) is 37.7 Å². The molecule has 0 aromatic heterocycles. The summed E-state index contributed by atoms with van der Waals surface area (Å²) in [6.45, 7) is 6.59. The van der Waals surface area contributed by atoms with E-state index in [0.717, 1.165) is 55.3 Å². The molecule has 1 heterocycles. The van der Waals surface area contributed by atoms with Gasteiger partial charge in [0.1, 0.15) is 5.75 Å². The van der Waals surface area contributed by atoms with E-state index in [1.54, 1.807) is 6.07 Å². The number of rotatable bonds is 8. The second kappa shape index (κ2) is 12.6. The first-order chi connectivity index (χ1) is 18.6. The number of piperazine rings is 1. The Morgan fingerprint density at radius 2 is 1.47 bits per heavy atom. The van der Waals surface area contributed by atoms with Crippen LogP contribution >= 0.6 is 0 Å². The maximum absolute atomic E-state index is 10.2. The lowest BCUT2D eigenvalue weighted by molar-refractivity contribution is 0.148. The summed E-state index contributed by atoms with van der Waals surface area (Å²) in [4.78, 5) is 5.26. The first-order valence-corrected chi connectivity index (χ1v) is 14.4. The highest BCUT2D eigenvalue weighted by atomic mass is 16.3. The van der Waals surface area contributed by atoms with Gasteiger partial charge in [0.15, 0.2) is 0 Å². The maximum Gasteiger partial charge on any atom is 0.118 e. The fourth-order valence-corrected chi connectivity index (χ4v) is 6.27. The Morgan fingerprint density at radius 1 is 0.789 bits per heavy atom. The zero-order valence-electron chi connectivity index (χ0n) is 22.8. The molecular weight excluding hydrogens is 468 g/mol. The quantitative estimate of drug-likeness (QED) is 0.324. The molecule has 0 atom stereocenters. The molecule has 3 aromatic rings. The van der Waals surface area contributed by atoms with E-state index < -0.39 is 0 Å². The third kappa shape index (κ3) is 6.14. The average Bonchev–Trinajstić information content (AvgIpc) is 2.98. The van der Waals surface area contributed by atoms with Crippen LogP contribution in [0, 0.1) is 6.92 Å². The SMILES string of the molecule is Cc1cc(/C(=C(\CCCO)c2ccccc2)c2ccc(N3CCN(C4CCCCC4)CC3)cc2)ccc1O. The highest BCUT2D eigenvalue weighted by Gasteiger charge is 2.25. The van der Waals surface area contributed by atoms with Crippen molar-refractivity contribution in [3.8, 4) is 5.75 Å². The lowest BCUT2D eigenvalue weighted by atomic mass is 9.86. The van der Waals surface area contributed by atoms with Gasteiger partial charge in [-0.05, 0) is 90.3 Å². The first kappa shape index (κ1) is 26.5. The van der Waals surface area contributed by atoms with Gasteiger partial charge < -0.3 is 15.1 Å². The van der Waals surface area contributed by atoms with Gasteiger partial charge in [0, 0.05) is 44.5 Å². The lowest BCUT2D eigenvalue weighted by Crippen LogP contribution is -2.50. The Balaban J connectivity index is 1.45. The summed E-state index contributed by atoms with van der Waals surface area (Å²) < 4.78 is 0. The number of nitrogens with zero attached hydrogens (tertiary/aromatic N) is 2. The lowest BCUT2D eigenvalue weighted by Gasteiger charge is -2.41. The molecule has 4 nitrogen and oxygen atoms in total. The van der Waals surface area contributed by atoms with Gasteiger partial charge in [0.25, 0.3) is 0 Å². The van der Waals surface area contributed by atoms with Crippen LogP contribution in [0.15, 0.2) is 72.8 Å². The van der Waals surface area contributed by atoms with Crippen molar-refractivity contribution < 1.29 is 10.2 Å². The molecule has 1 aliphatic heterocycles. The molecule has 0 unspecified atom stereocenters. The van der Waals surface area contributed by atoms with Gasteiger partial charge in [-0.25, -0.2) is 0 Å². The summed E-state index contributed by atoms with van der Waals surface area (Å²) in [7, 11) is 0. The summed E-state index contributed by atoms with van der Waals surface area (Å²) in [6, 6.07) is 26.2. The predicted octanol–water partition coefficient (Wildman–Crippen LogP) is 6.89. The van der Waals surface area contributed by atoms with Crippen LogP contribution in [-0.4, -0.2) is 53.9 Å². The number of phenolic OH excluding ortho intramolecular Hbond substituents is 1. The van der Waals surface area contributed by atoms with Crippen molar-refractivity contribution in [3.63, 3.8) is 0 Å². The van der Waals surface area contributed by atoms with E-state index in [1.807, 2.05) is 19.1 Å². The molecule has 0 bridgehead atoms. The van der Waals surface area contributed by atoms with Gasteiger partial charge in [0.2, 0.25) is 0 Å². The van der Waals surface area contributed by atoms with Gasteiger partial charge in [-0.1, -0.05) is 67.8 Å². The summed E-state index contributed by atoms with van der Waals surface area (Å²) >= 11 is 0. The Labute approximate surface area is 228 Å². The van der Waals surface area contributed by atoms with E-state index in [-0.39, 0.29) is 6.61 Å². The molecule has 200 valence electrons. The zero-order valence-corrected chi connectivity index (χ0v) is 22.8. The minimum atomic E-state index is 0.157. The molecule has 0 spiro atoms. The number of aliphatic hydroxyl groups is 1. The number of benzene rings is 3. The van der Waals surface area contributed by atoms with Crippen LogP contribution in [0.4, 0.5) is 5.69 Å². The monoisotopic (exact) mass is 510 g/mol. The largest absolute Gasteiger partial charge is 0.508 e. The van der Waals surface area contributed by atoms with Crippen LogP contribution in [0.25, 0.3) is 11.1 Å². The van der Waals surface area contributed by atoms with Crippen molar-refractivity contribution in [2.24, 2.45) is 0 Å². The molecule has 38 heavy (non-hydrogen) atoms. The number of aromatic hydroxyl groups is 1. The molecule has 1 aliphatic carbocycles. The van der Waals surface area contributed by atoms with Gasteiger partial charge in [-0.2, -0.15) is 0 Å². The van der Waals surface area contributed by atoms with Crippen LogP contribution in [0.3, 0.4) is 0 Å². The number of phenols is 1. The van der Waals surface area contributed by atoms with Gasteiger partial charge in [-0.15, -0.1) is 0 Å². The zero-order chi connectivity index (χ0) is 26.3. The minimum Gasteiger partial charge on any atom is -0.508 e. The van der Waals surface area contributed by atoms with Crippen LogP contribution in [-0.2, 0) is 0 Å². The topological polar surface area (TPSA) is 46.9 Å². The number of allylic oxidation sites excluding steroid dienone is 1. The van der Waals surface area contributed by atoms with Crippen molar-refractivity contribution in [1.29, 1.82) is 0 Å². The number of aliphatic hydroxyl groups excluding tert-OH is 1. The second-order valence-electron chi connectivity index (χ2n) is 10.9. The van der Waals surface area contributed by atoms with E-state index in [1.165, 1.54) is 54.5 Å². The van der Waals surface area contributed by atoms with E-state index in [9.17, 15) is 10.2 Å². The van der Waals surface area contributed by atoms with Gasteiger partial charge in [-0.3, -0.25) is 4.90 Å². The Bertz CT molecular complexity index is 1200.